The molecule has 4 heteroatoms. The number of piperidine rings is 1. The van der Waals surface area contributed by atoms with E-state index in [4.69, 9.17) is 0 Å². The average molecular weight is 331 g/mol. The molecular weight excluding hydrogens is 308 g/mol. The van der Waals surface area contributed by atoms with Crippen LogP contribution in [0.25, 0.3) is 0 Å². The molecule has 0 aliphatic carbocycles. The van der Waals surface area contributed by atoms with Gasteiger partial charge in [0.2, 0.25) is 0 Å². The Labute approximate surface area is 123 Å². The average Bonchev–Trinajstić information content (AvgIpc) is 2.83. The SMILES string of the molecule is CCN(CC1CCCNC1)C(C)c1cc(Br)cs1. The minimum Gasteiger partial charge on any atom is -0.316 e. The normalized spacial score (nSPS) is 22.3. The first-order valence-electron chi connectivity index (χ1n) is 6.89. The molecule has 1 aliphatic rings. The maximum Gasteiger partial charge on any atom is 0.0413 e. The summed E-state index contributed by atoms with van der Waals surface area (Å²) in [6.07, 6.45) is 2.71. The highest BCUT2D eigenvalue weighted by molar-refractivity contribution is 9.10. The first-order valence-corrected chi connectivity index (χ1v) is 8.56. The third-order valence-electron chi connectivity index (χ3n) is 3.85. The largest absolute Gasteiger partial charge is 0.316 e. The smallest absolute Gasteiger partial charge is 0.0413 e. The Hall–Kier alpha value is 0.1000. The van der Waals surface area contributed by atoms with Gasteiger partial charge >= 0.3 is 0 Å². The van der Waals surface area contributed by atoms with Crippen molar-refractivity contribution in [1.29, 1.82) is 0 Å². The lowest BCUT2D eigenvalue weighted by Gasteiger charge is -2.33. The van der Waals surface area contributed by atoms with Crippen molar-refractivity contribution in [2.75, 3.05) is 26.2 Å². The van der Waals surface area contributed by atoms with Crippen molar-refractivity contribution in [3.05, 3.63) is 20.8 Å². The zero-order valence-corrected chi connectivity index (χ0v) is 13.7. The van der Waals surface area contributed by atoms with E-state index in [9.17, 15) is 0 Å². The number of thiophene rings is 1. The quantitative estimate of drug-likeness (QED) is 0.880. The van der Waals surface area contributed by atoms with Crippen LogP contribution < -0.4 is 5.32 Å². The van der Waals surface area contributed by atoms with E-state index < -0.39 is 0 Å². The number of nitrogens with one attached hydrogen (secondary N) is 1. The third kappa shape index (κ3) is 3.80. The number of nitrogens with zero attached hydrogens (tertiary/aromatic N) is 1. The highest BCUT2D eigenvalue weighted by atomic mass is 79.9. The Bertz CT molecular complexity index is 360. The first-order chi connectivity index (χ1) is 8.70. The number of hydrogen-bond acceptors (Lipinski definition) is 3. The van der Waals surface area contributed by atoms with Gasteiger partial charge in [-0.05, 0) is 67.3 Å². The molecule has 1 fully saturated rings. The van der Waals surface area contributed by atoms with Gasteiger partial charge in [0.05, 0.1) is 0 Å². The van der Waals surface area contributed by atoms with E-state index in [-0.39, 0.29) is 0 Å². The first kappa shape index (κ1) is 14.5. The summed E-state index contributed by atoms with van der Waals surface area (Å²) in [5.41, 5.74) is 0. The van der Waals surface area contributed by atoms with E-state index in [1.165, 1.54) is 41.8 Å². The standard InChI is InChI=1S/C14H23BrN2S/c1-3-17(9-12-5-4-6-16-8-12)11(2)14-7-13(15)10-18-14/h7,10-12,16H,3-6,8-9H2,1-2H3. The fraction of sp³-hybridized carbons (Fsp3) is 0.714. The van der Waals surface area contributed by atoms with Gasteiger partial charge in [-0.25, -0.2) is 0 Å². The lowest BCUT2D eigenvalue weighted by atomic mass is 9.98. The van der Waals surface area contributed by atoms with Crippen LogP contribution in [0.2, 0.25) is 0 Å². The van der Waals surface area contributed by atoms with Gasteiger partial charge in [-0.15, -0.1) is 11.3 Å². The van der Waals surface area contributed by atoms with Crippen molar-refractivity contribution >= 4 is 27.3 Å². The van der Waals surface area contributed by atoms with Gasteiger partial charge in [0.15, 0.2) is 0 Å². The third-order valence-corrected chi connectivity index (χ3v) is 5.71. The molecule has 2 nitrogen and oxygen atoms in total. The van der Waals surface area contributed by atoms with Gasteiger partial charge in [0.25, 0.3) is 0 Å². The molecular formula is C14H23BrN2S. The van der Waals surface area contributed by atoms with E-state index in [0.29, 0.717) is 6.04 Å². The van der Waals surface area contributed by atoms with E-state index in [1.54, 1.807) is 0 Å². The lowest BCUT2D eigenvalue weighted by Crippen LogP contribution is -2.39. The Morgan fingerprint density at radius 2 is 2.44 bits per heavy atom. The van der Waals surface area contributed by atoms with E-state index in [0.717, 1.165) is 12.5 Å². The van der Waals surface area contributed by atoms with Gasteiger partial charge < -0.3 is 5.32 Å². The maximum absolute atomic E-state index is 3.55. The van der Waals surface area contributed by atoms with Crippen LogP contribution in [0.5, 0.6) is 0 Å². The van der Waals surface area contributed by atoms with Gasteiger partial charge in [-0.3, -0.25) is 4.90 Å². The van der Waals surface area contributed by atoms with Crippen LogP contribution >= 0.6 is 27.3 Å². The summed E-state index contributed by atoms with van der Waals surface area (Å²) in [5.74, 6) is 0.824. The molecule has 0 amide bonds. The molecule has 18 heavy (non-hydrogen) atoms. The molecule has 0 aromatic carbocycles. The van der Waals surface area contributed by atoms with Crippen LogP contribution in [0.3, 0.4) is 0 Å². The fourth-order valence-corrected chi connectivity index (χ4v) is 4.24. The molecule has 1 aliphatic heterocycles. The summed E-state index contributed by atoms with van der Waals surface area (Å²) in [4.78, 5) is 4.07. The highest BCUT2D eigenvalue weighted by Crippen LogP contribution is 2.30. The van der Waals surface area contributed by atoms with E-state index in [2.05, 4.69) is 51.4 Å². The topological polar surface area (TPSA) is 15.3 Å². The molecule has 0 radical (unpaired) electrons. The summed E-state index contributed by atoms with van der Waals surface area (Å²) in [6, 6.07) is 2.80. The molecule has 0 saturated carbocycles. The fourth-order valence-electron chi connectivity index (χ4n) is 2.70. The van der Waals surface area contributed by atoms with Crippen molar-refractivity contribution < 1.29 is 0 Å². The molecule has 102 valence electrons. The molecule has 1 N–H and O–H groups in total. The predicted octanol–water partition coefficient (Wildman–Crippen LogP) is 3.89. The van der Waals surface area contributed by atoms with E-state index >= 15 is 0 Å². The van der Waals surface area contributed by atoms with Crippen molar-refractivity contribution in [2.45, 2.75) is 32.7 Å². The van der Waals surface area contributed by atoms with Crippen molar-refractivity contribution in [2.24, 2.45) is 5.92 Å². The summed E-state index contributed by atoms with van der Waals surface area (Å²) in [7, 11) is 0. The summed E-state index contributed by atoms with van der Waals surface area (Å²) in [5, 5.41) is 5.70. The zero-order valence-electron chi connectivity index (χ0n) is 11.3. The van der Waals surface area contributed by atoms with Crippen LogP contribution in [-0.2, 0) is 0 Å². The molecule has 1 saturated heterocycles. The molecule has 1 aromatic rings. The van der Waals surface area contributed by atoms with Gasteiger partial charge in [0.1, 0.15) is 0 Å². The van der Waals surface area contributed by atoms with Crippen LogP contribution in [0, 0.1) is 5.92 Å². The minimum atomic E-state index is 0.535. The maximum atomic E-state index is 3.55. The van der Waals surface area contributed by atoms with Crippen LogP contribution in [0.4, 0.5) is 0 Å². The molecule has 2 heterocycles. The summed E-state index contributed by atoms with van der Waals surface area (Å²) in [6.45, 7) is 9.36. The minimum absolute atomic E-state index is 0.535. The Morgan fingerprint density at radius 1 is 1.61 bits per heavy atom. The molecule has 1 aromatic heterocycles. The Morgan fingerprint density at radius 3 is 3.00 bits per heavy atom. The summed E-state index contributed by atoms with van der Waals surface area (Å²) < 4.78 is 1.21. The molecule has 2 atom stereocenters. The second-order valence-electron chi connectivity index (χ2n) is 5.14. The Kier molecular flexibility index (Phi) is 5.67. The van der Waals surface area contributed by atoms with Crippen molar-refractivity contribution in [3.8, 4) is 0 Å². The predicted molar refractivity (Wildman–Crippen MR) is 83.3 cm³/mol. The highest BCUT2D eigenvalue weighted by Gasteiger charge is 2.21. The second-order valence-corrected chi connectivity index (χ2v) is 7.00. The van der Waals surface area contributed by atoms with Crippen molar-refractivity contribution in [1.82, 2.24) is 10.2 Å². The van der Waals surface area contributed by atoms with Crippen LogP contribution in [0.1, 0.15) is 37.6 Å². The van der Waals surface area contributed by atoms with E-state index in [1.807, 2.05) is 11.3 Å². The van der Waals surface area contributed by atoms with Crippen LogP contribution in [-0.4, -0.2) is 31.1 Å². The number of halogens is 1. The molecule has 2 unspecified atom stereocenters. The van der Waals surface area contributed by atoms with Crippen molar-refractivity contribution in [3.63, 3.8) is 0 Å². The summed E-state index contributed by atoms with van der Waals surface area (Å²) >= 11 is 5.41. The van der Waals surface area contributed by atoms with Gasteiger partial charge in [-0.2, -0.15) is 0 Å². The monoisotopic (exact) mass is 330 g/mol. The Balaban J connectivity index is 1.94. The van der Waals surface area contributed by atoms with Crippen LogP contribution in [0.15, 0.2) is 15.9 Å². The lowest BCUT2D eigenvalue weighted by molar-refractivity contribution is 0.173. The van der Waals surface area contributed by atoms with Gasteiger partial charge in [0, 0.05) is 27.3 Å². The number of hydrogen-bond donors (Lipinski definition) is 1. The second kappa shape index (κ2) is 7.04. The molecule has 0 spiro atoms. The zero-order chi connectivity index (χ0) is 13.0. The molecule has 0 bridgehead atoms. The number of rotatable bonds is 5. The van der Waals surface area contributed by atoms with Gasteiger partial charge in [-0.1, -0.05) is 6.92 Å². The molecule has 2 rings (SSSR count).